The van der Waals surface area contributed by atoms with E-state index in [0.717, 1.165) is 15.6 Å². The highest BCUT2D eigenvalue weighted by Crippen LogP contribution is 2.27. The van der Waals surface area contributed by atoms with Crippen molar-refractivity contribution in [2.45, 2.75) is 19.4 Å². The molecule has 0 amide bonds. The summed E-state index contributed by atoms with van der Waals surface area (Å²) >= 11 is 9.37. The first kappa shape index (κ1) is 13.6. The van der Waals surface area contributed by atoms with Crippen LogP contribution in [0.2, 0.25) is 5.02 Å². The molecule has 0 saturated carbocycles. The Hall–Kier alpha value is -0.830. The Morgan fingerprint density at radius 2 is 2.00 bits per heavy atom. The highest BCUT2D eigenvalue weighted by Gasteiger charge is 2.10. The van der Waals surface area contributed by atoms with Gasteiger partial charge in [0.15, 0.2) is 0 Å². The Bertz CT molecular complexity index is 554. The van der Waals surface area contributed by atoms with E-state index in [1.165, 1.54) is 5.56 Å². The van der Waals surface area contributed by atoms with Crippen molar-refractivity contribution in [2.75, 3.05) is 0 Å². The lowest BCUT2D eigenvalue weighted by atomic mass is 10.0. The minimum atomic E-state index is -0.530. The molecular weight excluding hydrogens is 312 g/mol. The Labute approximate surface area is 121 Å². The molecule has 2 aromatic carbocycles. The summed E-state index contributed by atoms with van der Waals surface area (Å²) in [5, 5.41) is 10.8. The Kier molecular flexibility index (Phi) is 4.44. The Morgan fingerprint density at radius 3 is 2.67 bits per heavy atom. The van der Waals surface area contributed by atoms with Gasteiger partial charge >= 0.3 is 0 Å². The molecule has 0 radical (unpaired) electrons. The first-order chi connectivity index (χ1) is 8.56. The van der Waals surface area contributed by atoms with Crippen LogP contribution in [-0.2, 0) is 6.42 Å². The second kappa shape index (κ2) is 5.87. The highest BCUT2D eigenvalue weighted by atomic mass is 79.9. The molecule has 1 atom stereocenters. The summed E-state index contributed by atoms with van der Waals surface area (Å²) in [4.78, 5) is 0. The van der Waals surface area contributed by atoms with Crippen LogP contribution in [0.5, 0.6) is 0 Å². The summed E-state index contributed by atoms with van der Waals surface area (Å²) in [5.41, 5.74) is 3.17. The highest BCUT2D eigenvalue weighted by molar-refractivity contribution is 9.10. The lowest BCUT2D eigenvalue weighted by Gasteiger charge is -2.12. The third-order valence-corrected chi connectivity index (χ3v) is 4.07. The SMILES string of the molecule is Cc1cccc(CC(O)c2ccc(Br)c(Cl)c2)c1. The van der Waals surface area contributed by atoms with Crippen molar-refractivity contribution in [1.29, 1.82) is 0 Å². The van der Waals surface area contributed by atoms with Crippen LogP contribution in [-0.4, -0.2) is 5.11 Å². The Balaban J connectivity index is 2.16. The molecule has 0 aliphatic rings. The topological polar surface area (TPSA) is 20.2 Å². The van der Waals surface area contributed by atoms with Crippen LogP contribution in [0.15, 0.2) is 46.9 Å². The third-order valence-electron chi connectivity index (χ3n) is 2.84. The van der Waals surface area contributed by atoms with Crippen molar-refractivity contribution in [3.05, 3.63) is 68.7 Å². The van der Waals surface area contributed by atoms with Gasteiger partial charge < -0.3 is 5.11 Å². The van der Waals surface area contributed by atoms with Crippen molar-refractivity contribution in [2.24, 2.45) is 0 Å². The van der Waals surface area contributed by atoms with E-state index in [1.54, 1.807) is 6.07 Å². The Morgan fingerprint density at radius 1 is 1.22 bits per heavy atom. The molecule has 2 aromatic rings. The van der Waals surface area contributed by atoms with E-state index in [4.69, 9.17) is 11.6 Å². The van der Waals surface area contributed by atoms with Gasteiger partial charge in [0, 0.05) is 10.9 Å². The number of aryl methyl sites for hydroxylation is 1. The second-order valence-corrected chi connectivity index (χ2v) is 5.64. The maximum atomic E-state index is 10.2. The predicted molar refractivity (Wildman–Crippen MR) is 79.0 cm³/mol. The normalized spacial score (nSPS) is 12.4. The van der Waals surface area contributed by atoms with E-state index in [0.29, 0.717) is 11.4 Å². The fourth-order valence-electron chi connectivity index (χ4n) is 1.90. The molecule has 0 saturated heterocycles. The van der Waals surface area contributed by atoms with Gasteiger partial charge in [-0.3, -0.25) is 0 Å². The summed E-state index contributed by atoms with van der Waals surface area (Å²) < 4.78 is 0.843. The van der Waals surface area contributed by atoms with Crippen LogP contribution < -0.4 is 0 Å². The number of halogens is 2. The molecule has 0 aliphatic carbocycles. The van der Waals surface area contributed by atoms with Gasteiger partial charge in [-0.2, -0.15) is 0 Å². The second-order valence-electron chi connectivity index (χ2n) is 4.38. The van der Waals surface area contributed by atoms with E-state index >= 15 is 0 Å². The van der Waals surface area contributed by atoms with Gasteiger partial charge in [0.05, 0.1) is 11.1 Å². The molecule has 0 fully saturated rings. The largest absolute Gasteiger partial charge is 0.388 e. The van der Waals surface area contributed by atoms with Gasteiger partial charge in [-0.25, -0.2) is 0 Å². The lowest BCUT2D eigenvalue weighted by molar-refractivity contribution is 0.178. The van der Waals surface area contributed by atoms with Crippen LogP contribution in [0, 0.1) is 6.92 Å². The summed E-state index contributed by atoms with van der Waals surface area (Å²) in [6, 6.07) is 13.7. The smallest absolute Gasteiger partial charge is 0.0830 e. The molecule has 18 heavy (non-hydrogen) atoms. The van der Waals surface area contributed by atoms with E-state index in [-0.39, 0.29) is 0 Å². The maximum absolute atomic E-state index is 10.2. The molecule has 0 heterocycles. The van der Waals surface area contributed by atoms with Crippen LogP contribution in [0.1, 0.15) is 22.8 Å². The van der Waals surface area contributed by atoms with Gasteiger partial charge in [-0.15, -0.1) is 0 Å². The summed E-state index contributed by atoms with van der Waals surface area (Å²) in [5.74, 6) is 0. The lowest BCUT2D eigenvalue weighted by Crippen LogP contribution is -2.02. The van der Waals surface area contributed by atoms with Gasteiger partial charge in [-0.05, 0) is 46.1 Å². The number of hydrogen-bond acceptors (Lipinski definition) is 1. The first-order valence-corrected chi connectivity index (χ1v) is 6.92. The summed E-state index contributed by atoms with van der Waals surface area (Å²) in [6.45, 7) is 2.05. The van der Waals surface area contributed by atoms with Crippen LogP contribution in [0.25, 0.3) is 0 Å². The standard InChI is InChI=1S/C15H14BrClO/c1-10-3-2-4-11(7-10)8-15(18)12-5-6-13(16)14(17)9-12/h2-7,9,15,18H,8H2,1H3. The minimum Gasteiger partial charge on any atom is -0.388 e. The number of aliphatic hydroxyl groups is 1. The van der Waals surface area contributed by atoms with Crippen molar-refractivity contribution in [3.8, 4) is 0 Å². The summed E-state index contributed by atoms with van der Waals surface area (Å²) in [7, 11) is 0. The zero-order valence-corrected chi connectivity index (χ0v) is 12.4. The van der Waals surface area contributed by atoms with E-state index in [1.807, 2.05) is 37.3 Å². The molecule has 0 spiro atoms. The molecule has 0 bridgehead atoms. The molecule has 0 aliphatic heterocycles. The van der Waals surface area contributed by atoms with Gasteiger partial charge in [0.1, 0.15) is 0 Å². The summed E-state index contributed by atoms with van der Waals surface area (Å²) in [6.07, 6.45) is 0.0667. The van der Waals surface area contributed by atoms with E-state index in [9.17, 15) is 5.11 Å². The minimum absolute atomic E-state index is 0.530. The quantitative estimate of drug-likeness (QED) is 0.868. The van der Waals surface area contributed by atoms with Crippen molar-refractivity contribution in [3.63, 3.8) is 0 Å². The fraction of sp³-hybridized carbons (Fsp3) is 0.200. The van der Waals surface area contributed by atoms with Crippen molar-refractivity contribution in [1.82, 2.24) is 0 Å². The molecule has 94 valence electrons. The predicted octanol–water partition coefficient (Wildman–Crippen LogP) is 4.69. The molecular formula is C15H14BrClO. The number of hydrogen-bond donors (Lipinski definition) is 1. The van der Waals surface area contributed by atoms with E-state index < -0.39 is 6.10 Å². The van der Waals surface area contributed by atoms with Gasteiger partial charge in [0.2, 0.25) is 0 Å². The molecule has 1 unspecified atom stereocenters. The number of rotatable bonds is 3. The zero-order chi connectivity index (χ0) is 13.1. The third kappa shape index (κ3) is 3.35. The first-order valence-electron chi connectivity index (χ1n) is 5.75. The molecule has 1 N–H and O–H groups in total. The van der Waals surface area contributed by atoms with Crippen molar-refractivity contribution < 1.29 is 5.11 Å². The van der Waals surface area contributed by atoms with Gasteiger partial charge in [-0.1, -0.05) is 47.5 Å². The number of aliphatic hydroxyl groups excluding tert-OH is 1. The fourth-order valence-corrected chi connectivity index (χ4v) is 2.34. The maximum Gasteiger partial charge on any atom is 0.0830 e. The average molecular weight is 326 g/mol. The van der Waals surface area contributed by atoms with E-state index in [2.05, 4.69) is 22.0 Å². The van der Waals surface area contributed by atoms with Crippen LogP contribution in [0.3, 0.4) is 0 Å². The van der Waals surface area contributed by atoms with Crippen LogP contribution in [0.4, 0.5) is 0 Å². The van der Waals surface area contributed by atoms with Gasteiger partial charge in [0.25, 0.3) is 0 Å². The zero-order valence-electron chi connectivity index (χ0n) is 10.0. The van der Waals surface area contributed by atoms with Crippen LogP contribution >= 0.6 is 27.5 Å². The average Bonchev–Trinajstić information content (AvgIpc) is 2.32. The molecule has 2 rings (SSSR count). The van der Waals surface area contributed by atoms with Crippen molar-refractivity contribution >= 4 is 27.5 Å². The monoisotopic (exact) mass is 324 g/mol. The molecule has 0 aromatic heterocycles. The molecule has 3 heteroatoms. The number of benzene rings is 2. The molecule has 1 nitrogen and oxygen atoms in total.